The van der Waals surface area contributed by atoms with E-state index in [0.29, 0.717) is 12.3 Å². The highest BCUT2D eigenvalue weighted by Gasteiger charge is 2.50. The zero-order chi connectivity index (χ0) is 10.4. The molecule has 1 aliphatic carbocycles. The van der Waals surface area contributed by atoms with Gasteiger partial charge in [0.15, 0.2) is 0 Å². The largest absolute Gasteiger partial charge is 0.377 e. The number of rotatable bonds is 1. The number of amides is 1. The first-order valence-electron chi connectivity index (χ1n) is 5.36. The summed E-state index contributed by atoms with van der Waals surface area (Å²) in [5.41, 5.74) is -0.185. The Morgan fingerprint density at radius 2 is 2.21 bits per heavy atom. The topological polar surface area (TPSA) is 38.3 Å². The van der Waals surface area contributed by atoms with Crippen LogP contribution in [0.15, 0.2) is 0 Å². The number of carbonyl (C=O) groups is 1. The molecule has 2 aliphatic heterocycles. The van der Waals surface area contributed by atoms with Crippen LogP contribution in [0, 0.1) is 5.92 Å². The highest BCUT2D eigenvalue weighted by Crippen LogP contribution is 2.45. The van der Waals surface area contributed by atoms with Crippen LogP contribution >= 0.6 is 0 Å². The molecule has 0 radical (unpaired) electrons. The van der Waals surface area contributed by atoms with Gasteiger partial charge in [-0.25, -0.2) is 0 Å². The number of hydrogen-bond donors (Lipinski definition) is 1. The summed E-state index contributed by atoms with van der Waals surface area (Å²) in [4.78, 5) is 11.7. The lowest BCUT2D eigenvalue weighted by molar-refractivity contribution is -0.128. The maximum Gasteiger partial charge on any atom is 0.223 e. The minimum atomic E-state index is -0.194. The van der Waals surface area contributed by atoms with Crippen LogP contribution in [0.1, 0.15) is 39.5 Å². The molecule has 80 valence electrons. The van der Waals surface area contributed by atoms with Crippen molar-refractivity contribution in [1.29, 1.82) is 0 Å². The van der Waals surface area contributed by atoms with Crippen LogP contribution < -0.4 is 5.32 Å². The van der Waals surface area contributed by atoms with Crippen LogP contribution in [0.5, 0.6) is 0 Å². The normalized spacial score (nSPS) is 47.4. The fourth-order valence-electron chi connectivity index (χ4n) is 3.10. The van der Waals surface area contributed by atoms with E-state index in [4.69, 9.17) is 4.74 Å². The van der Waals surface area contributed by atoms with Crippen molar-refractivity contribution in [3.05, 3.63) is 0 Å². The molecule has 3 nitrogen and oxygen atoms in total. The van der Waals surface area contributed by atoms with Crippen LogP contribution in [0.4, 0.5) is 0 Å². The van der Waals surface area contributed by atoms with Gasteiger partial charge in [-0.2, -0.15) is 0 Å². The predicted octanol–water partition coefficient (Wildman–Crippen LogP) is 1.47. The second-order valence-electron chi connectivity index (χ2n) is 5.16. The van der Waals surface area contributed by atoms with Gasteiger partial charge in [0, 0.05) is 12.6 Å². The third kappa shape index (κ3) is 1.34. The summed E-state index contributed by atoms with van der Waals surface area (Å²) in [7, 11) is 1.73. The van der Waals surface area contributed by atoms with Crippen molar-refractivity contribution >= 4 is 5.91 Å². The molecule has 0 spiro atoms. The van der Waals surface area contributed by atoms with Crippen LogP contribution in [0.2, 0.25) is 0 Å². The summed E-state index contributed by atoms with van der Waals surface area (Å²) in [6.07, 6.45) is 3.60. The molecule has 2 bridgehead atoms. The average molecular weight is 197 g/mol. The van der Waals surface area contributed by atoms with Gasteiger partial charge in [0.05, 0.1) is 12.0 Å². The number of ether oxygens (including phenoxy) is 1. The molecule has 3 aliphatic rings. The van der Waals surface area contributed by atoms with Crippen LogP contribution in [0.25, 0.3) is 0 Å². The molecule has 3 rings (SSSR count). The van der Waals surface area contributed by atoms with Gasteiger partial charge in [0.2, 0.25) is 5.91 Å². The molecule has 1 N–H and O–H groups in total. The molecule has 2 heterocycles. The number of methoxy groups -OCH3 is 1. The Balaban J connectivity index is 2.33. The van der Waals surface area contributed by atoms with E-state index >= 15 is 0 Å². The molecular formula is C11H19NO2. The second kappa shape index (κ2) is 2.96. The van der Waals surface area contributed by atoms with E-state index in [1.165, 1.54) is 0 Å². The third-order valence-electron chi connectivity index (χ3n) is 4.06. The lowest BCUT2D eigenvalue weighted by Crippen LogP contribution is -2.49. The van der Waals surface area contributed by atoms with Gasteiger partial charge in [0.1, 0.15) is 0 Å². The van der Waals surface area contributed by atoms with E-state index in [1.54, 1.807) is 7.11 Å². The average Bonchev–Trinajstić information content (AvgIpc) is 2.27. The van der Waals surface area contributed by atoms with Crippen molar-refractivity contribution in [2.24, 2.45) is 5.92 Å². The summed E-state index contributed by atoms with van der Waals surface area (Å²) < 4.78 is 5.61. The van der Waals surface area contributed by atoms with Gasteiger partial charge in [-0.1, -0.05) is 6.92 Å². The Hall–Kier alpha value is -0.570. The lowest BCUT2D eigenvalue weighted by Gasteiger charge is -2.44. The molecular weight excluding hydrogens is 178 g/mol. The maximum absolute atomic E-state index is 11.7. The molecule has 3 atom stereocenters. The van der Waals surface area contributed by atoms with E-state index in [9.17, 15) is 4.79 Å². The zero-order valence-electron chi connectivity index (χ0n) is 9.22. The smallest absolute Gasteiger partial charge is 0.223 e. The molecule has 0 aromatic carbocycles. The van der Waals surface area contributed by atoms with Gasteiger partial charge in [-0.05, 0) is 32.1 Å². The molecule has 2 saturated heterocycles. The molecule has 3 fully saturated rings. The standard InChI is InChI=1S/C11H19NO2/c1-8-6-10(2)4-5-11(8,14-3)7-9(13)12-10/h8H,4-7H2,1-3H3,(H,12,13). The molecule has 1 amide bonds. The van der Waals surface area contributed by atoms with Crippen LogP contribution in [-0.4, -0.2) is 24.2 Å². The Morgan fingerprint density at radius 1 is 1.50 bits per heavy atom. The van der Waals surface area contributed by atoms with Gasteiger partial charge in [-0.15, -0.1) is 0 Å². The first-order valence-corrected chi connectivity index (χ1v) is 5.36. The Bertz CT molecular complexity index is 266. The van der Waals surface area contributed by atoms with Gasteiger partial charge < -0.3 is 10.1 Å². The fraction of sp³-hybridized carbons (Fsp3) is 0.909. The monoisotopic (exact) mass is 197 g/mol. The van der Waals surface area contributed by atoms with Crippen molar-refractivity contribution in [2.75, 3.05) is 7.11 Å². The van der Waals surface area contributed by atoms with Crippen molar-refractivity contribution in [1.82, 2.24) is 5.32 Å². The van der Waals surface area contributed by atoms with E-state index in [0.717, 1.165) is 19.3 Å². The van der Waals surface area contributed by atoms with Gasteiger partial charge >= 0.3 is 0 Å². The molecule has 0 aromatic heterocycles. The van der Waals surface area contributed by atoms with Crippen molar-refractivity contribution < 1.29 is 9.53 Å². The summed E-state index contributed by atoms with van der Waals surface area (Å²) in [6, 6.07) is 0. The third-order valence-corrected chi connectivity index (χ3v) is 4.06. The lowest BCUT2D eigenvalue weighted by atomic mass is 9.69. The fourth-order valence-corrected chi connectivity index (χ4v) is 3.10. The zero-order valence-corrected chi connectivity index (χ0v) is 9.22. The number of nitrogens with one attached hydrogen (secondary N) is 1. The summed E-state index contributed by atoms with van der Waals surface area (Å²) in [6.45, 7) is 4.34. The van der Waals surface area contributed by atoms with Crippen LogP contribution in [0.3, 0.4) is 0 Å². The first kappa shape index (κ1) is 9.97. The summed E-state index contributed by atoms with van der Waals surface area (Å²) in [5, 5.41) is 3.12. The number of fused-ring (bicyclic) bond motifs is 4. The minimum absolute atomic E-state index is 0.00896. The first-order chi connectivity index (χ1) is 6.50. The highest BCUT2D eigenvalue weighted by molar-refractivity contribution is 5.78. The molecule has 3 heteroatoms. The van der Waals surface area contributed by atoms with E-state index in [2.05, 4.69) is 19.2 Å². The highest BCUT2D eigenvalue weighted by atomic mass is 16.5. The van der Waals surface area contributed by atoms with E-state index in [1.807, 2.05) is 0 Å². The Labute approximate surface area is 85.2 Å². The van der Waals surface area contributed by atoms with Crippen molar-refractivity contribution in [3.8, 4) is 0 Å². The minimum Gasteiger partial charge on any atom is -0.377 e. The van der Waals surface area contributed by atoms with E-state index in [-0.39, 0.29) is 17.0 Å². The molecule has 14 heavy (non-hydrogen) atoms. The van der Waals surface area contributed by atoms with E-state index < -0.39 is 0 Å². The molecule has 0 aromatic rings. The number of hydrogen-bond acceptors (Lipinski definition) is 2. The van der Waals surface area contributed by atoms with Gasteiger partial charge in [0.25, 0.3) is 0 Å². The summed E-state index contributed by atoms with van der Waals surface area (Å²) >= 11 is 0. The summed E-state index contributed by atoms with van der Waals surface area (Å²) in [5.74, 6) is 0.612. The quantitative estimate of drug-likeness (QED) is 0.691. The molecule has 3 unspecified atom stereocenters. The van der Waals surface area contributed by atoms with Crippen molar-refractivity contribution in [2.45, 2.75) is 50.7 Å². The van der Waals surface area contributed by atoms with Crippen molar-refractivity contribution in [3.63, 3.8) is 0 Å². The van der Waals surface area contributed by atoms with Crippen LogP contribution in [-0.2, 0) is 9.53 Å². The van der Waals surface area contributed by atoms with Gasteiger partial charge in [-0.3, -0.25) is 4.79 Å². The SMILES string of the molecule is COC12CCC(C)(CC1C)NC(=O)C2. The Morgan fingerprint density at radius 3 is 2.79 bits per heavy atom. The second-order valence-corrected chi connectivity index (χ2v) is 5.16. The number of carbonyl (C=O) groups excluding carboxylic acids is 1. The maximum atomic E-state index is 11.7. The predicted molar refractivity (Wildman–Crippen MR) is 53.9 cm³/mol. The molecule has 1 saturated carbocycles. The Kier molecular flexibility index (Phi) is 2.11.